The number of aliphatic hydroxyl groups excluding tert-OH is 7. The standard InChI is InChI=1S/C45H82O15/c1-3-5-7-9-11-13-15-16-18-19-21-23-25-27-36(47)55-30-33(58-37(48)28-26-24-22-20-17-14-12-10-8-6-4-2)31-56-44-43(54)41(52)39(50)35(60-44)32-57-45-42(53)40(51)38(49)34(29-46)59-45/h13,15,33-35,38-46,49-54H,3-12,14,16-32H2,1-2H3/b15-13+/t33-,34-,35-,38+,39+,40?,41?,42?,43?,44-,45-/m1/s1. The van der Waals surface area contributed by atoms with Gasteiger partial charge >= 0.3 is 11.9 Å². The van der Waals surface area contributed by atoms with Crippen molar-refractivity contribution >= 4 is 11.9 Å². The largest absolute Gasteiger partial charge is 0.462 e. The lowest BCUT2D eigenvalue weighted by Crippen LogP contribution is -2.61. The van der Waals surface area contributed by atoms with Gasteiger partial charge in [-0.3, -0.25) is 9.59 Å². The number of rotatable bonds is 35. The molecule has 0 aromatic heterocycles. The molecule has 0 aliphatic carbocycles. The predicted molar refractivity (Wildman–Crippen MR) is 224 cm³/mol. The predicted octanol–water partition coefficient (Wildman–Crippen LogP) is 5.04. The molecule has 0 saturated carbocycles. The molecule has 0 radical (unpaired) electrons. The van der Waals surface area contributed by atoms with Crippen molar-refractivity contribution in [1.82, 2.24) is 0 Å². The molecule has 0 spiro atoms. The highest BCUT2D eigenvalue weighted by Gasteiger charge is 2.47. The Kier molecular flexibility index (Phi) is 30.6. The van der Waals surface area contributed by atoms with Crippen LogP contribution in [0.3, 0.4) is 0 Å². The zero-order valence-electron chi connectivity index (χ0n) is 36.7. The smallest absolute Gasteiger partial charge is 0.306 e. The van der Waals surface area contributed by atoms with Crippen molar-refractivity contribution in [3.63, 3.8) is 0 Å². The minimum absolute atomic E-state index is 0.168. The highest BCUT2D eigenvalue weighted by atomic mass is 16.7. The van der Waals surface area contributed by atoms with Gasteiger partial charge in [-0.1, -0.05) is 129 Å². The Hall–Kier alpha value is -1.76. The molecular weight excluding hydrogens is 780 g/mol. The van der Waals surface area contributed by atoms with Crippen molar-refractivity contribution in [3.05, 3.63) is 12.2 Å². The first-order valence-corrected chi connectivity index (χ1v) is 23.3. The third-order valence-electron chi connectivity index (χ3n) is 11.2. The minimum Gasteiger partial charge on any atom is -0.462 e. The summed E-state index contributed by atoms with van der Waals surface area (Å²) in [5.41, 5.74) is 0. The molecule has 4 unspecified atom stereocenters. The van der Waals surface area contributed by atoms with Crippen LogP contribution < -0.4 is 0 Å². The number of carbonyl (C=O) groups is 2. The van der Waals surface area contributed by atoms with Crippen LogP contribution in [0.4, 0.5) is 0 Å². The second-order valence-electron chi connectivity index (χ2n) is 16.6. The fourth-order valence-corrected chi connectivity index (χ4v) is 7.33. The van der Waals surface area contributed by atoms with E-state index >= 15 is 0 Å². The van der Waals surface area contributed by atoms with E-state index in [1.54, 1.807) is 0 Å². The van der Waals surface area contributed by atoms with E-state index in [-0.39, 0.29) is 26.1 Å². The molecule has 0 aromatic rings. The van der Waals surface area contributed by atoms with Crippen molar-refractivity contribution in [2.24, 2.45) is 0 Å². The van der Waals surface area contributed by atoms with Crippen molar-refractivity contribution < 1.29 is 73.8 Å². The van der Waals surface area contributed by atoms with Crippen LogP contribution in [-0.4, -0.2) is 142 Å². The van der Waals surface area contributed by atoms with E-state index in [1.165, 1.54) is 70.6 Å². The number of unbranched alkanes of at least 4 members (excludes halogenated alkanes) is 19. The molecule has 0 bridgehead atoms. The van der Waals surface area contributed by atoms with Gasteiger partial charge < -0.3 is 64.2 Å². The maximum Gasteiger partial charge on any atom is 0.306 e. The number of ether oxygens (including phenoxy) is 6. The molecular formula is C45H82O15. The first-order chi connectivity index (χ1) is 29.0. The topological polar surface area (TPSA) is 231 Å². The van der Waals surface area contributed by atoms with Crippen LogP contribution in [-0.2, 0) is 38.0 Å². The number of aliphatic hydroxyl groups is 7. The van der Waals surface area contributed by atoms with Crippen molar-refractivity contribution in [1.29, 1.82) is 0 Å². The van der Waals surface area contributed by atoms with Gasteiger partial charge in [0.25, 0.3) is 0 Å². The second kappa shape index (κ2) is 33.8. The van der Waals surface area contributed by atoms with E-state index in [0.717, 1.165) is 57.8 Å². The van der Waals surface area contributed by atoms with Gasteiger partial charge in [-0.15, -0.1) is 0 Å². The fraction of sp³-hybridized carbons (Fsp3) is 0.911. The maximum atomic E-state index is 12.9. The molecule has 11 atom stereocenters. The molecule has 2 saturated heterocycles. The Labute approximate surface area is 359 Å². The van der Waals surface area contributed by atoms with Gasteiger partial charge in [0.05, 0.1) is 19.8 Å². The lowest BCUT2D eigenvalue weighted by molar-refractivity contribution is -0.332. The average molecular weight is 863 g/mol. The van der Waals surface area contributed by atoms with Crippen molar-refractivity contribution in [3.8, 4) is 0 Å². The average Bonchev–Trinajstić information content (AvgIpc) is 3.24. The van der Waals surface area contributed by atoms with E-state index in [0.29, 0.717) is 12.8 Å². The van der Waals surface area contributed by atoms with E-state index in [1.807, 2.05) is 0 Å². The highest BCUT2D eigenvalue weighted by Crippen LogP contribution is 2.26. The number of carbonyl (C=O) groups excluding carboxylic acids is 2. The first-order valence-electron chi connectivity index (χ1n) is 23.3. The minimum atomic E-state index is -1.76. The Morgan fingerprint density at radius 2 is 0.950 bits per heavy atom. The SMILES string of the molecule is CCCCCC/C=C/CCCCCCCC(=O)OC[C@H](CO[C@@H]1O[C@H](CO[C@@H]2O[C@H](CO)[C@H](O)C(O)C2O)[C@H](O)C(O)C1O)OC(=O)CCCCCCCCCCCCC. The lowest BCUT2D eigenvalue weighted by Gasteiger charge is -2.42. The zero-order valence-corrected chi connectivity index (χ0v) is 36.7. The molecule has 7 N–H and O–H groups in total. The van der Waals surface area contributed by atoms with E-state index in [9.17, 15) is 45.3 Å². The van der Waals surface area contributed by atoms with E-state index in [2.05, 4.69) is 26.0 Å². The Bertz CT molecular complexity index is 1110. The van der Waals surface area contributed by atoms with Gasteiger partial charge in [0.2, 0.25) is 0 Å². The summed E-state index contributed by atoms with van der Waals surface area (Å²) >= 11 is 0. The van der Waals surface area contributed by atoms with Gasteiger partial charge in [0.15, 0.2) is 18.7 Å². The van der Waals surface area contributed by atoms with Crippen LogP contribution in [0.2, 0.25) is 0 Å². The monoisotopic (exact) mass is 863 g/mol. The van der Waals surface area contributed by atoms with Crippen LogP contribution in [0.5, 0.6) is 0 Å². The molecule has 15 heteroatoms. The van der Waals surface area contributed by atoms with Gasteiger partial charge in [0.1, 0.15) is 55.4 Å². The summed E-state index contributed by atoms with van der Waals surface area (Å²) in [4.78, 5) is 25.6. The van der Waals surface area contributed by atoms with Crippen LogP contribution in [0.25, 0.3) is 0 Å². The van der Waals surface area contributed by atoms with Crippen LogP contribution >= 0.6 is 0 Å². The summed E-state index contributed by atoms with van der Waals surface area (Å²) in [7, 11) is 0. The number of esters is 2. The number of allylic oxidation sites excluding steroid dienone is 2. The summed E-state index contributed by atoms with van der Waals surface area (Å²) in [6, 6.07) is 0. The van der Waals surface area contributed by atoms with Crippen molar-refractivity contribution in [2.75, 3.05) is 26.4 Å². The normalized spacial score (nSPS) is 27.6. The Morgan fingerprint density at radius 3 is 1.48 bits per heavy atom. The van der Waals surface area contributed by atoms with E-state index in [4.69, 9.17) is 28.4 Å². The fourth-order valence-electron chi connectivity index (χ4n) is 7.33. The van der Waals surface area contributed by atoms with Gasteiger partial charge in [0, 0.05) is 12.8 Å². The zero-order chi connectivity index (χ0) is 44.0. The second-order valence-corrected chi connectivity index (χ2v) is 16.6. The number of hydrogen-bond acceptors (Lipinski definition) is 15. The lowest BCUT2D eigenvalue weighted by atomic mass is 9.98. The third kappa shape index (κ3) is 22.5. The van der Waals surface area contributed by atoms with Gasteiger partial charge in [-0.25, -0.2) is 0 Å². The quantitative estimate of drug-likeness (QED) is 0.0252. The molecule has 60 heavy (non-hydrogen) atoms. The molecule has 2 aliphatic rings. The summed E-state index contributed by atoms with van der Waals surface area (Å²) in [5.74, 6) is -0.932. The van der Waals surface area contributed by atoms with Crippen LogP contribution in [0.1, 0.15) is 168 Å². The summed E-state index contributed by atoms with van der Waals surface area (Å²) in [6.07, 6.45) is 12.6. The van der Waals surface area contributed by atoms with Crippen LogP contribution in [0, 0.1) is 0 Å². The highest BCUT2D eigenvalue weighted by molar-refractivity contribution is 5.70. The molecule has 15 nitrogen and oxygen atoms in total. The third-order valence-corrected chi connectivity index (χ3v) is 11.2. The maximum absolute atomic E-state index is 12.9. The first kappa shape index (κ1) is 54.4. The van der Waals surface area contributed by atoms with E-state index < -0.39 is 92.7 Å². The van der Waals surface area contributed by atoms with Crippen LogP contribution in [0.15, 0.2) is 12.2 Å². The molecule has 0 aromatic carbocycles. The number of hydrogen-bond donors (Lipinski definition) is 7. The molecule has 2 rings (SSSR count). The summed E-state index contributed by atoms with van der Waals surface area (Å²) in [5, 5.41) is 71.8. The molecule has 2 heterocycles. The Morgan fingerprint density at radius 1 is 0.517 bits per heavy atom. The molecule has 2 fully saturated rings. The van der Waals surface area contributed by atoms with Gasteiger partial charge in [-0.05, 0) is 38.5 Å². The Balaban J connectivity index is 1.85. The van der Waals surface area contributed by atoms with Gasteiger partial charge in [-0.2, -0.15) is 0 Å². The molecule has 352 valence electrons. The van der Waals surface area contributed by atoms with Crippen molar-refractivity contribution in [2.45, 2.75) is 235 Å². The molecule has 2 aliphatic heterocycles. The molecule has 0 amide bonds. The summed E-state index contributed by atoms with van der Waals surface area (Å²) in [6.45, 7) is 2.54. The summed E-state index contributed by atoms with van der Waals surface area (Å²) < 4.78 is 33.4.